The van der Waals surface area contributed by atoms with Crippen molar-refractivity contribution < 1.29 is 9.30 Å². The van der Waals surface area contributed by atoms with Crippen LogP contribution >= 0.6 is 15.9 Å². The van der Waals surface area contributed by atoms with Gasteiger partial charge in [0.2, 0.25) is 0 Å². The van der Waals surface area contributed by atoms with E-state index in [0.29, 0.717) is 6.73 Å². The zero-order valence-corrected chi connectivity index (χ0v) is 10.2. The number of pyridine rings is 1. The molecule has 1 aromatic heterocycles. The summed E-state index contributed by atoms with van der Waals surface area (Å²) in [5.74, 6) is 0. The average molecular weight is 259 g/mol. The molecular weight excluding hydrogens is 242 g/mol. The Balaban J connectivity index is 2.18. The van der Waals surface area contributed by atoms with Crippen molar-refractivity contribution in [2.45, 2.75) is 32.9 Å². The minimum atomic E-state index is 0.642. The number of halogens is 1. The fourth-order valence-electron chi connectivity index (χ4n) is 1.19. The van der Waals surface area contributed by atoms with Crippen LogP contribution in [0, 0.1) is 0 Å². The first-order valence-corrected chi connectivity index (χ1v) is 5.84. The lowest BCUT2D eigenvalue weighted by molar-refractivity contribution is -0.733. The molecule has 0 radical (unpaired) electrons. The van der Waals surface area contributed by atoms with Crippen LogP contribution in [0.2, 0.25) is 0 Å². The van der Waals surface area contributed by atoms with E-state index in [4.69, 9.17) is 4.74 Å². The van der Waals surface area contributed by atoms with Crippen molar-refractivity contribution in [3.8, 4) is 0 Å². The van der Waals surface area contributed by atoms with Gasteiger partial charge in [-0.15, -0.1) is 0 Å². The van der Waals surface area contributed by atoms with Gasteiger partial charge in [-0.05, 0) is 28.4 Å². The van der Waals surface area contributed by atoms with E-state index in [1.807, 2.05) is 29.1 Å². The topological polar surface area (TPSA) is 13.1 Å². The van der Waals surface area contributed by atoms with Crippen molar-refractivity contribution in [1.29, 1.82) is 0 Å². The highest BCUT2D eigenvalue weighted by molar-refractivity contribution is 9.10. The van der Waals surface area contributed by atoms with Gasteiger partial charge in [0.05, 0.1) is 11.1 Å². The van der Waals surface area contributed by atoms with Gasteiger partial charge >= 0.3 is 0 Å². The van der Waals surface area contributed by atoms with Crippen LogP contribution in [0.4, 0.5) is 0 Å². The third-order valence-electron chi connectivity index (χ3n) is 1.95. The second-order valence-corrected chi connectivity index (χ2v) is 4.20. The first-order valence-electron chi connectivity index (χ1n) is 5.05. The molecule has 0 atom stereocenters. The molecule has 0 fully saturated rings. The van der Waals surface area contributed by atoms with Gasteiger partial charge < -0.3 is 4.74 Å². The third kappa shape index (κ3) is 4.72. The van der Waals surface area contributed by atoms with Crippen molar-refractivity contribution in [2.75, 3.05) is 6.61 Å². The molecule has 1 heterocycles. The molecule has 0 aromatic carbocycles. The van der Waals surface area contributed by atoms with Gasteiger partial charge in [-0.1, -0.05) is 19.8 Å². The van der Waals surface area contributed by atoms with Crippen molar-refractivity contribution >= 4 is 15.9 Å². The molecule has 0 saturated carbocycles. The molecule has 2 nitrogen and oxygen atoms in total. The van der Waals surface area contributed by atoms with Crippen molar-refractivity contribution in [3.63, 3.8) is 0 Å². The van der Waals surface area contributed by atoms with Gasteiger partial charge in [-0.2, -0.15) is 4.57 Å². The van der Waals surface area contributed by atoms with Crippen LogP contribution in [0.1, 0.15) is 26.2 Å². The van der Waals surface area contributed by atoms with Gasteiger partial charge in [0, 0.05) is 6.07 Å². The fraction of sp³-hybridized carbons (Fsp3) is 0.545. The Morgan fingerprint density at radius 3 is 3.00 bits per heavy atom. The molecule has 0 aliphatic heterocycles. The zero-order valence-electron chi connectivity index (χ0n) is 8.58. The summed E-state index contributed by atoms with van der Waals surface area (Å²) in [7, 11) is 0. The Morgan fingerprint density at radius 1 is 1.43 bits per heavy atom. The Bertz CT molecular complexity index is 265. The van der Waals surface area contributed by atoms with Gasteiger partial charge in [0.25, 0.3) is 6.73 Å². The van der Waals surface area contributed by atoms with Crippen LogP contribution < -0.4 is 4.57 Å². The average Bonchev–Trinajstić information content (AvgIpc) is 2.18. The van der Waals surface area contributed by atoms with Crippen LogP contribution in [0.25, 0.3) is 0 Å². The smallest absolute Gasteiger partial charge is 0.252 e. The number of rotatable bonds is 6. The predicted molar refractivity (Wildman–Crippen MR) is 59.8 cm³/mol. The van der Waals surface area contributed by atoms with E-state index in [1.54, 1.807) is 0 Å². The van der Waals surface area contributed by atoms with E-state index >= 15 is 0 Å². The highest BCUT2D eigenvalue weighted by atomic mass is 79.9. The van der Waals surface area contributed by atoms with Crippen LogP contribution in [0.5, 0.6) is 0 Å². The summed E-state index contributed by atoms with van der Waals surface area (Å²) in [6, 6.07) is 4.01. The number of nitrogens with zero attached hydrogens (tertiary/aromatic N) is 1. The number of aromatic nitrogens is 1. The molecule has 0 spiro atoms. The molecule has 0 bridgehead atoms. The Hall–Kier alpha value is -0.410. The summed E-state index contributed by atoms with van der Waals surface area (Å²) in [6.07, 6.45) is 7.67. The molecule has 14 heavy (non-hydrogen) atoms. The van der Waals surface area contributed by atoms with Crippen molar-refractivity contribution in [2.24, 2.45) is 0 Å². The summed E-state index contributed by atoms with van der Waals surface area (Å²) in [5.41, 5.74) is 0. The van der Waals surface area contributed by atoms with E-state index < -0.39 is 0 Å². The Labute approximate surface area is 94.0 Å². The summed E-state index contributed by atoms with van der Waals surface area (Å²) in [6.45, 7) is 3.69. The molecule has 1 rings (SSSR count). The van der Waals surface area contributed by atoms with E-state index in [-0.39, 0.29) is 0 Å². The monoisotopic (exact) mass is 258 g/mol. The van der Waals surface area contributed by atoms with Gasteiger partial charge in [-0.3, -0.25) is 0 Å². The Morgan fingerprint density at radius 2 is 2.29 bits per heavy atom. The molecule has 0 saturated heterocycles. The molecule has 78 valence electrons. The largest absolute Gasteiger partial charge is 0.323 e. The van der Waals surface area contributed by atoms with Crippen molar-refractivity contribution in [1.82, 2.24) is 0 Å². The number of unbranched alkanes of at least 4 members (excludes halogenated alkanes) is 2. The molecule has 0 amide bonds. The normalized spacial score (nSPS) is 10.4. The summed E-state index contributed by atoms with van der Waals surface area (Å²) < 4.78 is 8.62. The fourth-order valence-corrected chi connectivity index (χ4v) is 1.61. The van der Waals surface area contributed by atoms with E-state index in [2.05, 4.69) is 22.9 Å². The number of ether oxygens (including phenoxy) is 1. The van der Waals surface area contributed by atoms with E-state index in [1.165, 1.54) is 12.8 Å². The van der Waals surface area contributed by atoms with Crippen LogP contribution in [-0.2, 0) is 11.5 Å². The third-order valence-corrected chi connectivity index (χ3v) is 2.42. The molecule has 0 unspecified atom stereocenters. The lowest BCUT2D eigenvalue weighted by Crippen LogP contribution is -2.34. The van der Waals surface area contributed by atoms with Gasteiger partial charge in [-0.25, -0.2) is 0 Å². The molecule has 0 N–H and O–H groups in total. The predicted octanol–water partition coefficient (Wildman–Crippen LogP) is 2.90. The Kier molecular flexibility index (Phi) is 5.80. The standard InChI is InChI=1S/C11H17BrNO/c1-2-3-4-8-14-10-13-7-5-6-11(12)9-13/h5-7,9H,2-4,8,10H2,1H3/q+1. The van der Waals surface area contributed by atoms with Crippen LogP contribution in [0.3, 0.4) is 0 Å². The first kappa shape index (κ1) is 11.7. The van der Waals surface area contributed by atoms with Crippen molar-refractivity contribution in [3.05, 3.63) is 29.0 Å². The quantitative estimate of drug-likeness (QED) is 0.565. The minimum Gasteiger partial charge on any atom is -0.323 e. The molecule has 1 aromatic rings. The summed E-state index contributed by atoms with van der Waals surface area (Å²) in [4.78, 5) is 0. The number of hydrogen-bond donors (Lipinski definition) is 0. The molecular formula is C11H17BrNO+. The van der Waals surface area contributed by atoms with Gasteiger partial charge in [0.15, 0.2) is 12.4 Å². The second-order valence-electron chi connectivity index (χ2n) is 3.28. The molecule has 0 aliphatic rings. The van der Waals surface area contributed by atoms with Gasteiger partial charge in [0.1, 0.15) is 0 Å². The maximum Gasteiger partial charge on any atom is 0.252 e. The lowest BCUT2D eigenvalue weighted by atomic mass is 10.3. The maximum absolute atomic E-state index is 5.52. The first-order chi connectivity index (χ1) is 6.83. The summed E-state index contributed by atoms with van der Waals surface area (Å²) in [5, 5.41) is 0. The van der Waals surface area contributed by atoms with Crippen LogP contribution in [0.15, 0.2) is 29.0 Å². The minimum absolute atomic E-state index is 0.642. The van der Waals surface area contributed by atoms with Crippen LogP contribution in [-0.4, -0.2) is 6.61 Å². The maximum atomic E-state index is 5.52. The lowest BCUT2D eigenvalue weighted by Gasteiger charge is -1.99. The highest BCUT2D eigenvalue weighted by Gasteiger charge is 1.99. The molecule has 0 aliphatic carbocycles. The second kappa shape index (κ2) is 6.96. The SMILES string of the molecule is CCCCCOC[n+]1cccc(Br)c1. The highest BCUT2D eigenvalue weighted by Crippen LogP contribution is 2.03. The van der Waals surface area contributed by atoms with E-state index in [9.17, 15) is 0 Å². The van der Waals surface area contributed by atoms with E-state index in [0.717, 1.165) is 17.5 Å². The number of hydrogen-bond acceptors (Lipinski definition) is 1. The summed E-state index contributed by atoms with van der Waals surface area (Å²) >= 11 is 3.42. The molecule has 3 heteroatoms. The zero-order chi connectivity index (χ0) is 10.2.